The van der Waals surface area contributed by atoms with Gasteiger partial charge in [-0.1, -0.05) is 18.1 Å². The third kappa shape index (κ3) is 4.41. The monoisotopic (exact) mass is 349 g/mol. The van der Waals surface area contributed by atoms with Crippen LogP contribution in [0, 0.1) is 11.8 Å². The van der Waals surface area contributed by atoms with Crippen LogP contribution in [0.3, 0.4) is 0 Å². The van der Waals surface area contributed by atoms with Crippen molar-refractivity contribution in [3.63, 3.8) is 0 Å². The fourth-order valence-electron chi connectivity index (χ4n) is 3.19. The maximum absolute atomic E-state index is 12.6. The van der Waals surface area contributed by atoms with Crippen molar-refractivity contribution < 1.29 is 9.90 Å². The van der Waals surface area contributed by atoms with Crippen molar-refractivity contribution in [3.05, 3.63) is 59.9 Å². The molecule has 2 heterocycles. The van der Waals surface area contributed by atoms with E-state index in [1.165, 1.54) is 0 Å². The zero-order valence-corrected chi connectivity index (χ0v) is 15.1. The van der Waals surface area contributed by atoms with Crippen LogP contribution in [0.5, 0.6) is 0 Å². The van der Waals surface area contributed by atoms with Crippen LogP contribution in [0.15, 0.2) is 48.7 Å². The van der Waals surface area contributed by atoms with E-state index < -0.39 is 5.60 Å². The van der Waals surface area contributed by atoms with E-state index in [1.54, 1.807) is 24.9 Å². The van der Waals surface area contributed by atoms with Crippen LogP contribution in [0.25, 0.3) is 0 Å². The minimum atomic E-state index is -0.913. The first-order valence-electron chi connectivity index (χ1n) is 8.76. The number of pyridine rings is 1. The highest BCUT2D eigenvalue weighted by molar-refractivity contribution is 5.90. The molecule has 0 aliphatic carbocycles. The number of carbonyl (C=O) groups excluding carboxylic acids is 1. The zero-order valence-electron chi connectivity index (χ0n) is 15.1. The first-order valence-corrected chi connectivity index (χ1v) is 8.76. The Labute approximate surface area is 154 Å². The van der Waals surface area contributed by atoms with Gasteiger partial charge >= 0.3 is 6.03 Å². The Morgan fingerprint density at radius 3 is 2.85 bits per heavy atom. The highest BCUT2D eigenvalue weighted by Gasteiger charge is 2.38. The number of anilines is 1. The molecule has 134 valence electrons. The third-order valence-corrected chi connectivity index (χ3v) is 4.44. The SMILES string of the molecule is CC(C)(O)C1CCCN1C(=O)Nc1cccc(C#Cc2ccccn2)c1. The molecule has 0 radical (unpaired) electrons. The van der Waals surface area contributed by atoms with Crippen LogP contribution in [0.4, 0.5) is 10.5 Å². The molecule has 0 bridgehead atoms. The number of rotatable bonds is 2. The molecule has 1 atom stereocenters. The molecule has 2 aromatic rings. The van der Waals surface area contributed by atoms with Gasteiger partial charge in [0.25, 0.3) is 0 Å². The van der Waals surface area contributed by atoms with E-state index in [9.17, 15) is 9.90 Å². The molecular formula is C21H23N3O2. The molecular weight excluding hydrogens is 326 g/mol. The number of aliphatic hydroxyl groups is 1. The number of amides is 2. The number of hydrogen-bond donors (Lipinski definition) is 2. The standard InChI is InChI=1S/C21H23N3O2/c1-21(2,26)19-10-6-14-24(19)20(25)23-18-9-5-7-16(15-18)11-12-17-8-3-4-13-22-17/h3-5,7-9,13,15,19,26H,6,10,14H2,1-2H3,(H,23,25). The quantitative estimate of drug-likeness (QED) is 0.818. The maximum atomic E-state index is 12.6. The molecule has 1 aliphatic rings. The Morgan fingerprint density at radius 2 is 2.12 bits per heavy atom. The van der Waals surface area contributed by atoms with Crippen LogP contribution in [-0.4, -0.2) is 39.2 Å². The summed E-state index contributed by atoms with van der Waals surface area (Å²) in [6, 6.07) is 12.6. The van der Waals surface area contributed by atoms with Gasteiger partial charge in [0.2, 0.25) is 0 Å². The van der Waals surface area contributed by atoms with Gasteiger partial charge in [-0.05, 0) is 62.9 Å². The Kier molecular flexibility index (Phi) is 5.24. The topological polar surface area (TPSA) is 65.5 Å². The number of hydrogen-bond acceptors (Lipinski definition) is 3. The summed E-state index contributed by atoms with van der Waals surface area (Å²) in [6.45, 7) is 4.15. The van der Waals surface area contributed by atoms with Crippen molar-refractivity contribution >= 4 is 11.7 Å². The maximum Gasteiger partial charge on any atom is 0.322 e. The van der Waals surface area contributed by atoms with Crippen molar-refractivity contribution in [3.8, 4) is 11.8 Å². The lowest BCUT2D eigenvalue weighted by molar-refractivity contribution is 0.0117. The predicted molar refractivity (Wildman–Crippen MR) is 102 cm³/mol. The van der Waals surface area contributed by atoms with E-state index in [0.29, 0.717) is 17.9 Å². The van der Waals surface area contributed by atoms with Gasteiger partial charge in [-0.15, -0.1) is 0 Å². The second kappa shape index (κ2) is 7.59. The molecule has 1 fully saturated rings. The minimum Gasteiger partial charge on any atom is -0.388 e. The number of carbonyl (C=O) groups is 1. The van der Waals surface area contributed by atoms with Gasteiger partial charge in [-0.2, -0.15) is 0 Å². The van der Waals surface area contributed by atoms with Crippen molar-refractivity contribution in [2.75, 3.05) is 11.9 Å². The van der Waals surface area contributed by atoms with Crippen LogP contribution < -0.4 is 5.32 Å². The van der Waals surface area contributed by atoms with E-state index >= 15 is 0 Å². The minimum absolute atomic E-state index is 0.172. The van der Waals surface area contributed by atoms with Gasteiger partial charge in [0.1, 0.15) is 5.69 Å². The van der Waals surface area contributed by atoms with Crippen LogP contribution in [-0.2, 0) is 0 Å². The van der Waals surface area contributed by atoms with Crippen molar-refractivity contribution in [2.24, 2.45) is 0 Å². The molecule has 26 heavy (non-hydrogen) atoms. The molecule has 1 aliphatic heterocycles. The average Bonchev–Trinajstić information content (AvgIpc) is 3.12. The number of likely N-dealkylation sites (tertiary alicyclic amines) is 1. The van der Waals surface area contributed by atoms with Crippen LogP contribution >= 0.6 is 0 Å². The normalized spacial score (nSPS) is 16.7. The van der Waals surface area contributed by atoms with Crippen molar-refractivity contribution in [1.82, 2.24) is 9.88 Å². The Bertz CT molecular complexity index is 832. The average molecular weight is 349 g/mol. The zero-order chi connectivity index (χ0) is 18.6. The molecule has 5 heteroatoms. The summed E-state index contributed by atoms with van der Waals surface area (Å²) in [5, 5.41) is 13.2. The second-order valence-electron chi connectivity index (χ2n) is 6.98. The summed E-state index contributed by atoms with van der Waals surface area (Å²) in [5.74, 6) is 6.07. The van der Waals surface area contributed by atoms with Crippen molar-refractivity contribution in [2.45, 2.75) is 38.3 Å². The van der Waals surface area contributed by atoms with Crippen molar-refractivity contribution in [1.29, 1.82) is 0 Å². The predicted octanol–water partition coefficient (Wildman–Crippen LogP) is 3.25. The largest absolute Gasteiger partial charge is 0.388 e. The van der Waals surface area contributed by atoms with E-state index in [4.69, 9.17) is 0 Å². The van der Waals surface area contributed by atoms with Gasteiger partial charge in [-0.25, -0.2) is 9.78 Å². The lowest BCUT2D eigenvalue weighted by atomic mass is 9.97. The lowest BCUT2D eigenvalue weighted by Crippen LogP contribution is -2.49. The lowest BCUT2D eigenvalue weighted by Gasteiger charge is -2.33. The van der Waals surface area contributed by atoms with E-state index in [1.807, 2.05) is 42.5 Å². The molecule has 1 saturated heterocycles. The van der Waals surface area contributed by atoms with Gasteiger partial charge in [0, 0.05) is 24.0 Å². The van der Waals surface area contributed by atoms with E-state index in [0.717, 1.165) is 18.4 Å². The fourth-order valence-corrected chi connectivity index (χ4v) is 3.19. The first-order chi connectivity index (χ1) is 12.4. The summed E-state index contributed by atoms with van der Waals surface area (Å²) >= 11 is 0. The molecule has 2 N–H and O–H groups in total. The molecule has 1 aromatic carbocycles. The molecule has 1 unspecified atom stereocenters. The summed E-state index contributed by atoms with van der Waals surface area (Å²) < 4.78 is 0. The number of nitrogens with one attached hydrogen (secondary N) is 1. The molecule has 3 rings (SSSR count). The molecule has 0 spiro atoms. The first kappa shape index (κ1) is 18.0. The molecule has 5 nitrogen and oxygen atoms in total. The van der Waals surface area contributed by atoms with Crippen LogP contribution in [0.2, 0.25) is 0 Å². The van der Waals surface area contributed by atoms with Crippen LogP contribution in [0.1, 0.15) is 37.9 Å². The van der Waals surface area contributed by atoms with Gasteiger partial charge in [0.15, 0.2) is 0 Å². The number of aromatic nitrogens is 1. The number of nitrogens with zero attached hydrogens (tertiary/aromatic N) is 2. The Hall–Kier alpha value is -2.84. The molecule has 1 aromatic heterocycles. The molecule has 2 amide bonds. The summed E-state index contributed by atoms with van der Waals surface area (Å²) in [6.07, 6.45) is 3.42. The highest BCUT2D eigenvalue weighted by Crippen LogP contribution is 2.27. The van der Waals surface area contributed by atoms with Gasteiger partial charge in [0.05, 0.1) is 11.6 Å². The highest BCUT2D eigenvalue weighted by atomic mass is 16.3. The summed E-state index contributed by atoms with van der Waals surface area (Å²) in [4.78, 5) is 18.5. The number of benzene rings is 1. The Balaban J connectivity index is 1.71. The Morgan fingerprint density at radius 1 is 1.27 bits per heavy atom. The second-order valence-corrected chi connectivity index (χ2v) is 6.98. The van der Waals surface area contributed by atoms with E-state index in [2.05, 4.69) is 22.1 Å². The third-order valence-electron chi connectivity index (χ3n) is 4.44. The summed E-state index contributed by atoms with van der Waals surface area (Å²) in [5.41, 5.74) is 1.27. The van der Waals surface area contributed by atoms with E-state index in [-0.39, 0.29) is 12.1 Å². The fraction of sp³-hybridized carbons (Fsp3) is 0.333. The van der Waals surface area contributed by atoms with Gasteiger partial charge < -0.3 is 15.3 Å². The smallest absolute Gasteiger partial charge is 0.322 e. The molecule has 0 saturated carbocycles. The van der Waals surface area contributed by atoms with Gasteiger partial charge in [-0.3, -0.25) is 0 Å². The number of urea groups is 1. The summed E-state index contributed by atoms with van der Waals surface area (Å²) in [7, 11) is 0.